The standard InChI is InChI=1S/C10H10N6/c11-14-12-6-10-8-16(15-13-10)7-9-4-2-1-3-5-9/h1-5,8H,6-7H2. The Morgan fingerprint density at radius 1 is 1.31 bits per heavy atom. The van der Waals surface area contributed by atoms with E-state index in [-0.39, 0.29) is 6.54 Å². The monoisotopic (exact) mass is 214 g/mol. The predicted octanol–water partition coefficient (Wildman–Crippen LogP) is 2.14. The van der Waals surface area contributed by atoms with E-state index < -0.39 is 0 Å². The Hall–Kier alpha value is -2.33. The third-order valence-corrected chi connectivity index (χ3v) is 2.07. The first-order chi connectivity index (χ1) is 7.88. The molecular formula is C10H10N6. The fraction of sp³-hybridized carbons (Fsp3) is 0.200. The molecule has 0 saturated carbocycles. The number of azide groups is 1. The molecule has 0 amide bonds. The summed E-state index contributed by atoms with van der Waals surface area (Å²) in [5.74, 6) is 0. The van der Waals surface area contributed by atoms with Crippen LogP contribution in [-0.2, 0) is 13.1 Å². The number of rotatable bonds is 4. The first-order valence-corrected chi connectivity index (χ1v) is 4.82. The van der Waals surface area contributed by atoms with Gasteiger partial charge in [-0.1, -0.05) is 40.7 Å². The van der Waals surface area contributed by atoms with Crippen LogP contribution in [0, 0.1) is 0 Å². The Bertz CT molecular complexity index is 497. The number of nitrogens with zero attached hydrogens (tertiary/aromatic N) is 6. The molecule has 1 aromatic carbocycles. The average molecular weight is 214 g/mol. The second-order valence-electron chi connectivity index (χ2n) is 3.28. The van der Waals surface area contributed by atoms with Gasteiger partial charge in [-0.2, -0.15) is 0 Å². The molecule has 0 unspecified atom stereocenters. The Balaban J connectivity index is 2.05. The van der Waals surface area contributed by atoms with Crippen LogP contribution in [0.4, 0.5) is 0 Å². The summed E-state index contributed by atoms with van der Waals surface area (Å²) >= 11 is 0. The van der Waals surface area contributed by atoms with E-state index in [1.807, 2.05) is 30.3 Å². The van der Waals surface area contributed by atoms with Gasteiger partial charge >= 0.3 is 0 Å². The lowest BCUT2D eigenvalue weighted by Gasteiger charge is -1.98. The van der Waals surface area contributed by atoms with Crippen LogP contribution in [0.1, 0.15) is 11.3 Å². The van der Waals surface area contributed by atoms with Crippen molar-refractivity contribution in [3.05, 3.63) is 58.2 Å². The van der Waals surface area contributed by atoms with Crippen molar-refractivity contribution >= 4 is 0 Å². The van der Waals surface area contributed by atoms with Crippen LogP contribution in [0.3, 0.4) is 0 Å². The van der Waals surface area contributed by atoms with Crippen molar-refractivity contribution in [1.29, 1.82) is 0 Å². The van der Waals surface area contributed by atoms with E-state index in [1.54, 1.807) is 10.9 Å². The van der Waals surface area contributed by atoms with Gasteiger partial charge < -0.3 is 0 Å². The maximum absolute atomic E-state index is 8.17. The minimum absolute atomic E-state index is 0.241. The van der Waals surface area contributed by atoms with Gasteiger partial charge in [0.05, 0.1) is 18.8 Å². The van der Waals surface area contributed by atoms with E-state index in [2.05, 4.69) is 20.3 Å². The van der Waals surface area contributed by atoms with Crippen molar-refractivity contribution in [2.75, 3.05) is 0 Å². The van der Waals surface area contributed by atoms with E-state index in [0.717, 1.165) is 5.56 Å². The molecule has 0 aliphatic carbocycles. The molecule has 0 spiro atoms. The van der Waals surface area contributed by atoms with Gasteiger partial charge in [0.25, 0.3) is 0 Å². The molecule has 0 saturated heterocycles. The number of hydrogen-bond donors (Lipinski definition) is 0. The fourth-order valence-corrected chi connectivity index (χ4v) is 1.36. The summed E-state index contributed by atoms with van der Waals surface area (Å²) < 4.78 is 1.72. The summed E-state index contributed by atoms with van der Waals surface area (Å²) in [4.78, 5) is 2.67. The maximum Gasteiger partial charge on any atom is 0.0885 e. The minimum Gasteiger partial charge on any atom is -0.248 e. The van der Waals surface area contributed by atoms with Crippen molar-refractivity contribution in [3.63, 3.8) is 0 Å². The van der Waals surface area contributed by atoms with Crippen molar-refractivity contribution in [2.24, 2.45) is 5.11 Å². The number of aromatic nitrogens is 3. The highest BCUT2D eigenvalue weighted by molar-refractivity contribution is 5.14. The summed E-state index contributed by atoms with van der Waals surface area (Å²) in [6.45, 7) is 0.912. The molecule has 0 aliphatic heterocycles. The zero-order valence-corrected chi connectivity index (χ0v) is 8.56. The molecule has 2 rings (SSSR count). The van der Waals surface area contributed by atoms with E-state index in [9.17, 15) is 0 Å². The van der Waals surface area contributed by atoms with Crippen molar-refractivity contribution in [3.8, 4) is 0 Å². The van der Waals surface area contributed by atoms with Crippen LogP contribution in [0.15, 0.2) is 41.6 Å². The maximum atomic E-state index is 8.17. The highest BCUT2D eigenvalue weighted by atomic mass is 15.4. The largest absolute Gasteiger partial charge is 0.248 e. The highest BCUT2D eigenvalue weighted by Crippen LogP contribution is 2.02. The van der Waals surface area contributed by atoms with Gasteiger partial charge in [-0.3, -0.25) is 0 Å². The van der Waals surface area contributed by atoms with Crippen molar-refractivity contribution < 1.29 is 0 Å². The summed E-state index contributed by atoms with van der Waals surface area (Å²) in [7, 11) is 0. The van der Waals surface area contributed by atoms with E-state index in [1.165, 1.54) is 0 Å². The molecular weight excluding hydrogens is 204 g/mol. The van der Waals surface area contributed by atoms with Gasteiger partial charge in [0.15, 0.2) is 0 Å². The lowest BCUT2D eigenvalue weighted by Crippen LogP contribution is -1.99. The molecule has 0 fully saturated rings. The third-order valence-electron chi connectivity index (χ3n) is 2.07. The van der Waals surface area contributed by atoms with Crippen LogP contribution in [-0.4, -0.2) is 15.0 Å². The van der Waals surface area contributed by atoms with Gasteiger partial charge in [0.2, 0.25) is 0 Å². The number of hydrogen-bond acceptors (Lipinski definition) is 3. The second kappa shape index (κ2) is 4.95. The van der Waals surface area contributed by atoms with E-state index >= 15 is 0 Å². The molecule has 1 aromatic heterocycles. The quantitative estimate of drug-likeness (QED) is 0.444. The Morgan fingerprint density at radius 2 is 2.12 bits per heavy atom. The molecule has 1 heterocycles. The lowest BCUT2D eigenvalue weighted by atomic mass is 10.2. The Labute approximate surface area is 92.1 Å². The van der Waals surface area contributed by atoms with Crippen molar-refractivity contribution in [1.82, 2.24) is 15.0 Å². The van der Waals surface area contributed by atoms with E-state index in [0.29, 0.717) is 12.2 Å². The SMILES string of the molecule is [N-]=[N+]=NCc1cn(Cc2ccccc2)nn1. The second-order valence-corrected chi connectivity index (χ2v) is 3.28. The third kappa shape index (κ3) is 2.59. The molecule has 0 radical (unpaired) electrons. The highest BCUT2D eigenvalue weighted by Gasteiger charge is 1.99. The Morgan fingerprint density at radius 3 is 2.88 bits per heavy atom. The van der Waals surface area contributed by atoms with Gasteiger partial charge in [-0.25, -0.2) is 4.68 Å². The van der Waals surface area contributed by atoms with Gasteiger partial charge in [0.1, 0.15) is 0 Å². The average Bonchev–Trinajstić information content (AvgIpc) is 2.75. The van der Waals surface area contributed by atoms with Crippen LogP contribution < -0.4 is 0 Å². The summed E-state index contributed by atoms with van der Waals surface area (Å²) in [6.07, 6.45) is 1.78. The molecule has 6 heteroatoms. The smallest absolute Gasteiger partial charge is 0.0885 e. The van der Waals surface area contributed by atoms with Crippen molar-refractivity contribution in [2.45, 2.75) is 13.1 Å². The van der Waals surface area contributed by atoms with Crippen LogP contribution in [0.2, 0.25) is 0 Å². The fourth-order valence-electron chi connectivity index (χ4n) is 1.36. The summed E-state index contributed by atoms with van der Waals surface area (Å²) in [6, 6.07) is 9.97. The topological polar surface area (TPSA) is 79.5 Å². The lowest BCUT2D eigenvalue weighted by molar-refractivity contribution is 0.649. The number of benzene rings is 1. The first kappa shape index (κ1) is 10.2. The van der Waals surface area contributed by atoms with Crippen LogP contribution in [0.5, 0.6) is 0 Å². The van der Waals surface area contributed by atoms with E-state index in [4.69, 9.17) is 5.53 Å². The summed E-state index contributed by atoms with van der Waals surface area (Å²) in [5.41, 5.74) is 10.0. The normalized spacial score (nSPS) is 9.75. The summed E-state index contributed by atoms with van der Waals surface area (Å²) in [5, 5.41) is 11.3. The molecule has 0 bridgehead atoms. The zero-order valence-electron chi connectivity index (χ0n) is 8.56. The molecule has 6 nitrogen and oxygen atoms in total. The Kier molecular flexibility index (Phi) is 3.15. The molecule has 0 N–H and O–H groups in total. The van der Waals surface area contributed by atoms with Gasteiger partial charge in [0, 0.05) is 11.1 Å². The van der Waals surface area contributed by atoms with Crippen LogP contribution in [0.25, 0.3) is 10.4 Å². The minimum atomic E-state index is 0.241. The zero-order chi connectivity index (χ0) is 11.2. The molecule has 2 aromatic rings. The first-order valence-electron chi connectivity index (χ1n) is 4.82. The molecule has 0 aliphatic rings. The predicted molar refractivity (Wildman–Crippen MR) is 58.4 cm³/mol. The van der Waals surface area contributed by atoms with Gasteiger partial charge in [-0.05, 0) is 11.1 Å². The molecule has 80 valence electrons. The molecule has 0 atom stereocenters. The molecule has 16 heavy (non-hydrogen) atoms. The van der Waals surface area contributed by atoms with Crippen LogP contribution >= 0.6 is 0 Å². The van der Waals surface area contributed by atoms with Gasteiger partial charge in [-0.15, -0.1) is 5.10 Å².